The van der Waals surface area contributed by atoms with Gasteiger partial charge in [-0.2, -0.15) is 10.2 Å². The Morgan fingerprint density at radius 2 is 1.94 bits per heavy atom. The molecule has 0 atom stereocenters. The third-order valence-electron chi connectivity index (χ3n) is 5.15. The SMILES string of the molecule is CCCNc1nc(SCC)nc2c1cnn2CCNC(=O)c1cc(-c2ccc(F)cc2)nn1C. The van der Waals surface area contributed by atoms with Crippen LogP contribution in [0.25, 0.3) is 22.3 Å². The van der Waals surface area contributed by atoms with Crippen LogP contribution >= 0.6 is 11.8 Å². The summed E-state index contributed by atoms with van der Waals surface area (Å²) in [5.41, 5.74) is 2.50. The highest BCUT2D eigenvalue weighted by molar-refractivity contribution is 7.99. The number of thioether (sulfide) groups is 1. The van der Waals surface area contributed by atoms with Crippen LogP contribution in [0.4, 0.5) is 10.2 Å². The number of hydrogen-bond acceptors (Lipinski definition) is 7. The molecule has 0 aliphatic heterocycles. The number of halogens is 1. The van der Waals surface area contributed by atoms with Gasteiger partial charge in [-0.25, -0.2) is 19.0 Å². The van der Waals surface area contributed by atoms with E-state index < -0.39 is 0 Å². The van der Waals surface area contributed by atoms with Crippen molar-refractivity contribution in [2.45, 2.75) is 32.0 Å². The van der Waals surface area contributed by atoms with E-state index in [0.717, 1.165) is 41.1 Å². The highest BCUT2D eigenvalue weighted by Crippen LogP contribution is 2.24. The van der Waals surface area contributed by atoms with Gasteiger partial charge in [0, 0.05) is 25.7 Å². The molecule has 178 valence electrons. The molecule has 0 unspecified atom stereocenters. The molecule has 0 bridgehead atoms. The Hall–Kier alpha value is -3.47. The predicted molar refractivity (Wildman–Crippen MR) is 131 cm³/mol. The van der Waals surface area contributed by atoms with E-state index in [9.17, 15) is 9.18 Å². The number of aryl methyl sites for hydroxylation is 1. The van der Waals surface area contributed by atoms with Gasteiger partial charge in [-0.3, -0.25) is 9.48 Å². The van der Waals surface area contributed by atoms with Gasteiger partial charge in [0.1, 0.15) is 17.3 Å². The van der Waals surface area contributed by atoms with Crippen LogP contribution in [0.2, 0.25) is 0 Å². The molecule has 1 aromatic carbocycles. The molecule has 0 fully saturated rings. The van der Waals surface area contributed by atoms with Crippen LogP contribution in [-0.4, -0.2) is 54.3 Å². The van der Waals surface area contributed by atoms with Crippen LogP contribution < -0.4 is 10.6 Å². The van der Waals surface area contributed by atoms with Gasteiger partial charge in [-0.05, 0) is 42.5 Å². The largest absolute Gasteiger partial charge is 0.369 e. The van der Waals surface area contributed by atoms with E-state index in [0.29, 0.717) is 29.6 Å². The van der Waals surface area contributed by atoms with Crippen molar-refractivity contribution >= 4 is 34.5 Å². The van der Waals surface area contributed by atoms with Gasteiger partial charge in [0.05, 0.1) is 23.8 Å². The molecule has 0 spiro atoms. The Kier molecular flexibility index (Phi) is 7.41. The minimum atomic E-state index is -0.317. The van der Waals surface area contributed by atoms with Crippen LogP contribution in [0.1, 0.15) is 30.8 Å². The minimum Gasteiger partial charge on any atom is -0.369 e. The first-order valence-electron chi connectivity index (χ1n) is 11.2. The van der Waals surface area contributed by atoms with E-state index in [1.807, 2.05) is 0 Å². The molecule has 2 N–H and O–H groups in total. The van der Waals surface area contributed by atoms with E-state index >= 15 is 0 Å². The van der Waals surface area contributed by atoms with E-state index in [4.69, 9.17) is 0 Å². The first kappa shape index (κ1) is 23.7. The summed E-state index contributed by atoms with van der Waals surface area (Å²) in [5.74, 6) is 1.08. The molecule has 0 saturated heterocycles. The maximum absolute atomic E-state index is 13.2. The molecule has 34 heavy (non-hydrogen) atoms. The van der Waals surface area contributed by atoms with Gasteiger partial charge in [0.25, 0.3) is 5.91 Å². The number of amides is 1. The van der Waals surface area contributed by atoms with Gasteiger partial charge in [-0.15, -0.1) is 0 Å². The quantitative estimate of drug-likeness (QED) is 0.262. The number of benzene rings is 1. The second-order valence-corrected chi connectivity index (χ2v) is 8.85. The average Bonchev–Trinajstić information content (AvgIpc) is 3.42. The fourth-order valence-corrected chi connectivity index (χ4v) is 4.04. The van der Waals surface area contributed by atoms with Gasteiger partial charge in [0.15, 0.2) is 10.8 Å². The first-order valence-corrected chi connectivity index (χ1v) is 12.2. The van der Waals surface area contributed by atoms with Crippen molar-refractivity contribution in [1.29, 1.82) is 0 Å². The number of rotatable bonds is 10. The lowest BCUT2D eigenvalue weighted by molar-refractivity contribution is 0.0942. The maximum atomic E-state index is 13.2. The van der Waals surface area contributed by atoms with Crippen molar-refractivity contribution < 1.29 is 9.18 Å². The van der Waals surface area contributed by atoms with E-state index in [1.54, 1.807) is 47.9 Å². The summed E-state index contributed by atoms with van der Waals surface area (Å²) in [4.78, 5) is 22.1. The van der Waals surface area contributed by atoms with Gasteiger partial charge >= 0.3 is 0 Å². The molecule has 0 aliphatic carbocycles. The van der Waals surface area contributed by atoms with E-state index in [1.165, 1.54) is 16.8 Å². The van der Waals surface area contributed by atoms with Crippen LogP contribution in [0.5, 0.6) is 0 Å². The monoisotopic (exact) mass is 482 g/mol. The summed E-state index contributed by atoms with van der Waals surface area (Å²) in [6.07, 6.45) is 2.74. The Labute approximate surface area is 201 Å². The summed E-state index contributed by atoms with van der Waals surface area (Å²) in [7, 11) is 1.71. The standard InChI is InChI=1S/C23H27FN8OS/c1-4-10-25-20-17-14-27-32(21(17)29-23(28-20)34-5-2)12-11-26-22(33)19-13-18(30-31(19)3)15-6-8-16(24)9-7-15/h6-9,13-14H,4-5,10-12H2,1-3H3,(H,26,33)(H,25,28,29). The zero-order valence-corrected chi connectivity index (χ0v) is 20.2. The van der Waals surface area contributed by atoms with E-state index in [2.05, 4.69) is 44.6 Å². The Morgan fingerprint density at radius 3 is 2.68 bits per heavy atom. The second kappa shape index (κ2) is 10.6. The normalized spacial score (nSPS) is 11.2. The molecule has 1 amide bonds. The zero-order valence-electron chi connectivity index (χ0n) is 19.4. The minimum absolute atomic E-state index is 0.248. The number of carbonyl (C=O) groups excluding carboxylic acids is 1. The average molecular weight is 483 g/mol. The lowest BCUT2D eigenvalue weighted by atomic mass is 10.1. The number of nitrogens with one attached hydrogen (secondary N) is 2. The number of nitrogens with zero attached hydrogens (tertiary/aromatic N) is 6. The first-order chi connectivity index (χ1) is 16.5. The Balaban J connectivity index is 1.46. The molecule has 4 aromatic rings. The molecule has 4 rings (SSSR count). The predicted octanol–water partition coefficient (Wildman–Crippen LogP) is 3.73. The van der Waals surface area contributed by atoms with Gasteiger partial charge < -0.3 is 10.6 Å². The number of fused-ring (bicyclic) bond motifs is 1. The summed E-state index contributed by atoms with van der Waals surface area (Å²) < 4.78 is 16.5. The molecule has 11 heteroatoms. The van der Waals surface area contributed by atoms with Crippen LogP contribution in [0.3, 0.4) is 0 Å². The highest BCUT2D eigenvalue weighted by atomic mass is 32.2. The van der Waals surface area contributed by atoms with Crippen molar-refractivity contribution in [3.05, 3.63) is 48.0 Å². The molecule has 3 aromatic heterocycles. The summed E-state index contributed by atoms with van der Waals surface area (Å²) in [6.45, 7) is 5.80. The lowest BCUT2D eigenvalue weighted by Crippen LogP contribution is -2.29. The lowest BCUT2D eigenvalue weighted by Gasteiger charge is -2.09. The Bertz CT molecular complexity index is 1280. The number of carbonyl (C=O) groups is 1. The molecule has 0 aliphatic rings. The van der Waals surface area contributed by atoms with Crippen LogP contribution in [0.15, 0.2) is 41.7 Å². The number of aromatic nitrogens is 6. The summed E-state index contributed by atoms with van der Waals surface area (Å²) >= 11 is 1.58. The van der Waals surface area contributed by atoms with Gasteiger partial charge in [-0.1, -0.05) is 25.6 Å². The topological polar surface area (TPSA) is 103 Å². The number of anilines is 1. The molecule has 9 nitrogen and oxygen atoms in total. The fourth-order valence-electron chi connectivity index (χ4n) is 3.48. The Morgan fingerprint density at radius 1 is 1.15 bits per heavy atom. The van der Waals surface area contributed by atoms with Crippen molar-refractivity contribution in [2.24, 2.45) is 7.05 Å². The number of hydrogen-bond donors (Lipinski definition) is 2. The zero-order chi connectivity index (χ0) is 24.1. The van der Waals surface area contributed by atoms with Crippen molar-refractivity contribution in [1.82, 2.24) is 34.8 Å². The maximum Gasteiger partial charge on any atom is 0.269 e. The van der Waals surface area contributed by atoms with Crippen molar-refractivity contribution in [3.8, 4) is 11.3 Å². The molecular weight excluding hydrogens is 455 g/mol. The van der Waals surface area contributed by atoms with Crippen LogP contribution in [0, 0.1) is 5.82 Å². The molecular formula is C23H27FN8OS. The molecule has 3 heterocycles. The second-order valence-electron chi connectivity index (χ2n) is 7.62. The van der Waals surface area contributed by atoms with E-state index in [-0.39, 0.29) is 11.7 Å². The smallest absolute Gasteiger partial charge is 0.269 e. The molecule has 0 saturated carbocycles. The third-order valence-corrected chi connectivity index (χ3v) is 5.88. The summed E-state index contributed by atoms with van der Waals surface area (Å²) in [5, 5.41) is 16.7. The van der Waals surface area contributed by atoms with Crippen molar-refractivity contribution in [2.75, 3.05) is 24.2 Å². The fraction of sp³-hybridized carbons (Fsp3) is 0.348. The van der Waals surface area contributed by atoms with Gasteiger partial charge in [0.2, 0.25) is 0 Å². The van der Waals surface area contributed by atoms with Crippen LogP contribution in [-0.2, 0) is 13.6 Å². The molecule has 0 radical (unpaired) electrons. The third kappa shape index (κ3) is 5.19. The van der Waals surface area contributed by atoms with Crippen molar-refractivity contribution in [3.63, 3.8) is 0 Å². The summed E-state index contributed by atoms with van der Waals surface area (Å²) in [6, 6.07) is 7.71. The highest BCUT2D eigenvalue weighted by Gasteiger charge is 2.16.